The Morgan fingerprint density at radius 1 is 0.424 bits per heavy atom. The number of rotatable bonds is 30. The Balaban J connectivity index is 0.000000730. The maximum atomic E-state index is 12.4. The number of pyridine rings is 1. The van der Waals surface area contributed by atoms with Gasteiger partial charge in [-0.3, -0.25) is 43.4 Å². The minimum atomic E-state index is -0.730. The van der Waals surface area contributed by atoms with E-state index in [-0.39, 0.29) is 125 Å². The molecule has 6 heterocycles. The van der Waals surface area contributed by atoms with Crippen molar-refractivity contribution in [3.8, 4) is 0 Å². The normalized spacial score (nSPS) is 16.2. The largest absolute Gasteiger partial charge is 0.453 e. The molecule has 0 unspecified atom stereocenters. The monoisotopic (exact) mass is 1800 g/mol. The molecule has 4 saturated heterocycles. The summed E-state index contributed by atoms with van der Waals surface area (Å²) >= 11 is 3.39. The van der Waals surface area contributed by atoms with Gasteiger partial charge in [0.25, 0.3) is 0 Å². The van der Waals surface area contributed by atoms with Gasteiger partial charge in [-0.25, -0.2) is 33.6 Å². The van der Waals surface area contributed by atoms with E-state index in [1.54, 1.807) is 102 Å². The first-order chi connectivity index (χ1) is 58.6. The van der Waals surface area contributed by atoms with Crippen LogP contribution in [0.15, 0.2) is 71.7 Å². The van der Waals surface area contributed by atoms with Gasteiger partial charge in [-0.05, 0) is 132 Å². The summed E-state index contributed by atoms with van der Waals surface area (Å²) in [4.78, 5) is 175. The maximum Gasteiger partial charge on any atom is 0.407 e. The van der Waals surface area contributed by atoms with E-state index in [1.165, 1.54) is 39.8 Å². The Bertz CT molecular complexity index is 3700. The van der Waals surface area contributed by atoms with E-state index in [9.17, 15) is 67.1 Å². The van der Waals surface area contributed by atoms with Crippen molar-refractivity contribution < 1.29 is 105 Å². The number of thioether (sulfide) groups is 1. The summed E-state index contributed by atoms with van der Waals surface area (Å²) in [5.74, 6) is 1.56. The van der Waals surface area contributed by atoms with Crippen LogP contribution in [0.4, 0.5) is 33.6 Å². The van der Waals surface area contributed by atoms with Crippen molar-refractivity contribution in [1.29, 1.82) is 0 Å². The van der Waals surface area contributed by atoms with Gasteiger partial charge in [0.2, 0.25) is 0 Å². The highest BCUT2D eigenvalue weighted by Gasteiger charge is 2.39. The van der Waals surface area contributed by atoms with Gasteiger partial charge < -0.3 is 84.9 Å². The summed E-state index contributed by atoms with van der Waals surface area (Å²) < 4.78 is 39.5. The zero-order valence-electron chi connectivity index (χ0n) is 78.9. The van der Waals surface area contributed by atoms with Crippen molar-refractivity contribution >= 4 is 106 Å². The third kappa shape index (κ3) is 42.3. The van der Waals surface area contributed by atoms with Crippen LogP contribution < -0.4 is 37.2 Å². The number of alkyl carbamates (subject to hydrolysis) is 4. The minimum Gasteiger partial charge on any atom is -0.453 e. The number of likely N-dealkylation sites (tertiary alicyclic amines) is 2. The standard InChI is InChI=1S/C15H20N2O3.C14H27NO4.2C13H24N2O3.C12H16N2O3.C12H21NO3S.C11H15NO3S/c1-11(2)14(18)13(12-6-4-3-5-7-12)16-15(19)17-8-9-20-10-17;1-9(19-14(5,6)7)10(15-12(17)18-8)11(16)13(2,3)4;2*1-9(2)12(16)11(10(3)18-4)14-13(17)15-7-5-6-8-15;1-8(2)11(15)10(14-12(16)17-3)9-5-4-6-13-7-9;1-8(2)11(14)10(13-12(15)16-3)9-4-6-17-7-5-9;1-7(2)10(13)9(12-11(14)15-3)8-4-5-16-6-8/h3-7,11,13H,8-10H2,1-2H3,(H,16,19);9-10H,1-8H3,(H,15,17);2*9-11H,5-8H2,1-4H3,(H,14,17);4-8,10H,1-3H3,(H,14,16);8-10H,4-7H2,1-3H3,(H,13,15);4-7,9H,1-3H3,(H,12,14)/t13-;9-,10+;2*10-,11+;2*10-;9-/m1111101/s1. The van der Waals surface area contributed by atoms with Crippen LogP contribution in [0.25, 0.3) is 0 Å². The van der Waals surface area contributed by atoms with Crippen molar-refractivity contribution in [3.05, 3.63) is 88.4 Å². The summed E-state index contributed by atoms with van der Waals surface area (Å²) in [5.41, 5.74) is 1.29. The number of carbonyl (C=O) groups is 14. The summed E-state index contributed by atoms with van der Waals surface area (Å²) in [6, 6.07) is 9.85. The van der Waals surface area contributed by atoms with E-state index in [0.717, 1.165) is 87.3 Å². The summed E-state index contributed by atoms with van der Waals surface area (Å²) in [7, 11) is 8.22. The molecular weight excluding hydrogens is 1650 g/mol. The molecule has 0 spiro atoms. The number of amides is 10. The molecule has 0 bridgehead atoms. The van der Waals surface area contributed by atoms with Crippen LogP contribution in [0, 0.1) is 46.8 Å². The van der Waals surface area contributed by atoms with Crippen molar-refractivity contribution in [2.45, 2.75) is 250 Å². The molecule has 10 atom stereocenters. The molecule has 4 fully saturated rings. The van der Waals surface area contributed by atoms with Crippen LogP contribution in [-0.4, -0.2) is 251 Å². The number of thiophene rings is 1. The highest BCUT2D eigenvalue weighted by molar-refractivity contribution is 7.99. The number of Topliss-reactive ketones (excluding diaryl/α,β-unsaturated/α-hetero) is 7. The van der Waals surface area contributed by atoms with Crippen LogP contribution in [-0.2, 0) is 71.5 Å². The van der Waals surface area contributed by atoms with Gasteiger partial charge in [-0.15, -0.1) is 0 Å². The number of carbonyl (C=O) groups excluding carboxylic acids is 14. The molecular formula is C90H147N11O22S2. The van der Waals surface area contributed by atoms with E-state index in [1.807, 2.05) is 156 Å². The van der Waals surface area contributed by atoms with Gasteiger partial charge in [0.15, 0.2) is 40.5 Å². The number of aromatic nitrogens is 1. The van der Waals surface area contributed by atoms with Gasteiger partial charge in [0, 0.05) is 106 Å². The van der Waals surface area contributed by atoms with Gasteiger partial charge in [-0.2, -0.15) is 23.1 Å². The average Bonchev–Trinajstić information content (AvgIpc) is 1.62. The van der Waals surface area contributed by atoms with Crippen molar-refractivity contribution in [1.82, 2.24) is 56.9 Å². The van der Waals surface area contributed by atoms with E-state index in [2.05, 4.69) is 61.1 Å². The fraction of sp³-hybridized carbons (Fsp3) is 0.678. The van der Waals surface area contributed by atoms with Crippen LogP contribution >= 0.6 is 23.1 Å². The molecule has 125 heavy (non-hydrogen) atoms. The number of benzene rings is 1. The predicted octanol–water partition coefficient (Wildman–Crippen LogP) is 13.5. The van der Waals surface area contributed by atoms with Gasteiger partial charge in [-0.1, -0.05) is 140 Å². The second kappa shape index (κ2) is 59.0. The molecule has 706 valence electrons. The molecule has 33 nitrogen and oxygen atoms in total. The number of methoxy groups -OCH3 is 6. The number of nitrogens with zero attached hydrogens (tertiary/aromatic N) is 4. The summed E-state index contributed by atoms with van der Waals surface area (Å²) in [6.07, 6.45) is 5.85. The van der Waals surface area contributed by atoms with Gasteiger partial charge >= 0.3 is 42.5 Å². The molecule has 4 aliphatic heterocycles. The predicted molar refractivity (Wildman–Crippen MR) is 482 cm³/mol. The number of ketones is 7. The number of hydrogen-bond donors (Lipinski definition) is 7. The number of ether oxygens (including phenoxy) is 8. The Morgan fingerprint density at radius 2 is 0.816 bits per heavy atom. The molecule has 35 heteroatoms. The number of hydrogen-bond acceptors (Lipinski definition) is 25. The first-order valence-electron chi connectivity index (χ1n) is 42.8. The first-order valence-corrected chi connectivity index (χ1v) is 44.9. The molecule has 4 aliphatic rings. The van der Waals surface area contributed by atoms with Crippen LogP contribution in [0.5, 0.6) is 0 Å². The second-order valence-corrected chi connectivity index (χ2v) is 36.3. The van der Waals surface area contributed by atoms with Crippen molar-refractivity contribution in [3.63, 3.8) is 0 Å². The Kier molecular flexibility index (Phi) is 53.7. The van der Waals surface area contributed by atoms with E-state index in [0.29, 0.717) is 18.7 Å². The second-order valence-electron chi connectivity index (χ2n) is 34.3. The van der Waals surface area contributed by atoms with Gasteiger partial charge in [0.1, 0.15) is 43.0 Å². The fourth-order valence-corrected chi connectivity index (χ4v) is 14.4. The fourth-order valence-electron chi connectivity index (χ4n) is 12.5. The molecule has 0 saturated carbocycles. The lowest BCUT2D eigenvalue weighted by molar-refractivity contribution is -0.136. The third-order valence-electron chi connectivity index (χ3n) is 20.1. The number of urea groups is 3. The molecule has 0 radical (unpaired) electrons. The zero-order chi connectivity index (χ0) is 95.2. The maximum absolute atomic E-state index is 12.4. The van der Waals surface area contributed by atoms with Crippen LogP contribution in [0.2, 0.25) is 0 Å². The molecule has 7 N–H and O–H groups in total. The quantitative estimate of drug-likeness (QED) is 0.0305. The van der Waals surface area contributed by atoms with Crippen LogP contribution in [0.3, 0.4) is 0 Å². The molecule has 3 aromatic rings. The van der Waals surface area contributed by atoms with E-state index < -0.39 is 77.7 Å². The molecule has 0 aliphatic carbocycles. The minimum absolute atomic E-state index is 0.00432. The number of nitrogens with one attached hydrogen (secondary N) is 7. The molecule has 1 aromatic carbocycles. The highest BCUT2D eigenvalue weighted by Crippen LogP contribution is 2.29. The van der Waals surface area contributed by atoms with Crippen molar-refractivity contribution in [2.75, 3.05) is 100 Å². The Morgan fingerprint density at radius 3 is 1.17 bits per heavy atom. The molecule has 2 aromatic heterocycles. The zero-order valence-corrected chi connectivity index (χ0v) is 80.6. The lowest BCUT2D eigenvalue weighted by atomic mass is 9.84. The van der Waals surface area contributed by atoms with Gasteiger partial charge in [0.05, 0.1) is 65.0 Å². The lowest BCUT2D eigenvalue weighted by Gasteiger charge is -2.33. The molecule has 7 rings (SSSR count). The third-order valence-corrected chi connectivity index (χ3v) is 21.9. The summed E-state index contributed by atoms with van der Waals surface area (Å²) in [6.45, 7) is 42.9. The molecule has 10 amide bonds. The van der Waals surface area contributed by atoms with Crippen molar-refractivity contribution in [2.24, 2.45) is 46.8 Å². The summed E-state index contributed by atoms with van der Waals surface area (Å²) in [5, 5.41) is 22.5. The first kappa shape index (κ1) is 114. The average molecular weight is 1800 g/mol. The highest BCUT2D eigenvalue weighted by atomic mass is 32.2. The Hall–Kier alpha value is -9.16. The smallest absolute Gasteiger partial charge is 0.407 e. The SMILES string of the molecule is CC(C)C(=O)[C@H](NC(=O)N1CCOC1)c1ccccc1.COC(=O)N[C@@H](C(=O)C(C)C)c1cccnc1.COC(=O)N[C@@H](C(=O)C(C)C)c1ccsc1.COC(=O)N[C@H](C(=O)C(C)(C)C)[C@@H](C)OC(C)(C)C.COC(=O)N[C@H](C(=O)C(C)C)C1CCSCC1.CO[C@H](C)[C@H](NC(=O)N1CCCC1)C(=O)C(C)C.CO[C@H](C)[C@H](NC(=O)N1CCCC1)C(=O)C(C)C. The topological polar surface area (TPSA) is 420 Å². The van der Waals surface area contributed by atoms with Crippen LogP contribution in [0.1, 0.15) is 219 Å². The van der Waals surface area contributed by atoms with E-state index >= 15 is 0 Å². The Labute approximate surface area is 749 Å². The lowest BCUT2D eigenvalue weighted by Crippen LogP contribution is -2.53. The van der Waals surface area contributed by atoms with E-state index in [4.69, 9.17) is 18.9 Å².